The first-order chi connectivity index (χ1) is 13.8. The fourth-order valence-corrected chi connectivity index (χ4v) is 6.21. The molecule has 7 nitrogen and oxygen atoms in total. The Balaban J connectivity index is 1.81. The van der Waals surface area contributed by atoms with Crippen LogP contribution in [0.1, 0.15) is 40.2 Å². The minimum Gasteiger partial charge on any atom is -0.494 e. The molecule has 0 radical (unpaired) electrons. The third-order valence-corrected chi connectivity index (χ3v) is 7.32. The van der Waals surface area contributed by atoms with Crippen LogP contribution < -0.4 is 10.1 Å². The van der Waals surface area contributed by atoms with Gasteiger partial charge in [0.05, 0.1) is 36.7 Å². The molecular weight excluding hydrogens is 414 g/mol. The molecule has 0 spiro atoms. The molecule has 0 saturated carbocycles. The van der Waals surface area contributed by atoms with Crippen LogP contribution in [-0.4, -0.2) is 39.3 Å². The monoisotopic (exact) mass is 437 g/mol. The van der Waals surface area contributed by atoms with Gasteiger partial charge in [-0.15, -0.1) is 11.3 Å². The second kappa shape index (κ2) is 8.96. The maximum Gasteiger partial charge on any atom is 0.341 e. The number of fused-ring (bicyclic) bond motifs is 1. The van der Waals surface area contributed by atoms with Crippen LogP contribution in [0.4, 0.5) is 5.00 Å². The highest BCUT2D eigenvalue weighted by Crippen LogP contribution is 2.38. The minimum absolute atomic E-state index is 0.0112. The highest BCUT2D eigenvalue weighted by Gasteiger charge is 2.32. The molecule has 0 fully saturated rings. The highest BCUT2D eigenvalue weighted by molar-refractivity contribution is 7.90. The fourth-order valence-electron chi connectivity index (χ4n) is 3.16. The third kappa shape index (κ3) is 5.16. The summed E-state index contributed by atoms with van der Waals surface area (Å²) in [6.45, 7) is 4.36. The van der Waals surface area contributed by atoms with E-state index in [0.29, 0.717) is 22.0 Å². The number of hydrogen-bond donors (Lipinski definition) is 1. The predicted octanol–water partition coefficient (Wildman–Crippen LogP) is 2.98. The number of thiophene rings is 1. The van der Waals surface area contributed by atoms with Gasteiger partial charge in [-0.2, -0.15) is 0 Å². The van der Waals surface area contributed by atoms with Crippen LogP contribution in [0.25, 0.3) is 0 Å². The smallest absolute Gasteiger partial charge is 0.341 e. The van der Waals surface area contributed by atoms with Crippen LogP contribution in [0.15, 0.2) is 24.3 Å². The van der Waals surface area contributed by atoms with E-state index in [1.165, 1.54) is 0 Å². The Labute approximate surface area is 173 Å². The number of esters is 1. The molecule has 0 unspecified atom stereocenters. The lowest BCUT2D eigenvalue weighted by atomic mass is 10.1. The molecule has 3 rings (SSSR count). The van der Waals surface area contributed by atoms with E-state index >= 15 is 0 Å². The van der Waals surface area contributed by atoms with Crippen molar-refractivity contribution in [2.24, 2.45) is 0 Å². The summed E-state index contributed by atoms with van der Waals surface area (Å²) in [6, 6.07) is 7.21. The molecule has 1 N–H and O–H groups in total. The standard InChI is InChI=1S/C20H23NO6S2/c1-3-26-14-7-5-13(6-8-14)11-17(22)21-19-18(20(23)27-4-2)15-9-10-29(24,25)12-16(15)28-19/h5-8H,3-4,9-12H2,1-2H3,(H,21,22). The van der Waals surface area contributed by atoms with Crippen molar-refractivity contribution in [1.29, 1.82) is 0 Å². The van der Waals surface area contributed by atoms with Gasteiger partial charge in [-0.1, -0.05) is 12.1 Å². The van der Waals surface area contributed by atoms with Gasteiger partial charge in [0.25, 0.3) is 0 Å². The lowest BCUT2D eigenvalue weighted by Gasteiger charge is -2.13. The van der Waals surface area contributed by atoms with Crippen LogP contribution in [0.2, 0.25) is 0 Å². The van der Waals surface area contributed by atoms with E-state index in [1.807, 2.05) is 19.1 Å². The average Bonchev–Trinajstić information content (AvgIpc) is 2.99. The first-order valence-corrected chi connectivity index (χ1v) is 12.0. The molecule has 2 heterocycles. The highest BCUT2D eigenvalue weighted by atomic mass is 32.2. The van der Waals surface area contributed by atoms with Crippen LogP contribution in [-0.2, 0) is 38.0 Å². The number of rotatable bonds is 7. The Morgan fingerprint density at radius 3 is 2.52 bits per heavy atom. The quantitative estimate of drug-likeness (QED) is 0.669. The first kappa shape index (κ1) is 21.3. The molecule has 1 aliphatic heterocycles. The molecular formula is C20H23NO6S2. The van der Waals surface area contributed by atoms with Crippen molar-refractivity contribution in [2.45, 2.75) is 32.4 Å². The summed E-state index contributed by atoms with van der Waals surface area (Å²) in [5.41, 5.74) is 1.74. The van der Waals surface area contributed by atoms with Crippen LogP contribution in [0.5, 0.6) is 5.75 Å². The zero-order valence-corrected chi connectivity index (χ0v) is 18.0. The van der Waals surface area contributed by atoms with Gasteiger partial charge in [0, 0.05) is 4.88 Å². The molecule has 0 aliphatic carbocycles. The summed E-state index contributed by atoms with van der Waals surface area (Å²) in [6.07, 6.45) is 0.368. The van der Waals surface area contributed by atoms with Crippen LogP contribution >= 0.6 is 11.3 Å². The summed E-state index contributed by atoms with van der Waals surface area (Å²) < 4.78 is 34.4. The molecule has 0 atom stereocenters. The Bertz CT molecular complexity index is 1010. The van der Waals surface area contributed by atoms with Crippen LogP contribution in [0.3, 0.4) is 0 Å². The van der Waals surface area contributed by atoms with E-state index < -0.39 is 15.8 Å². The van der Waals surface area contributed by atoms with Crippen molar-refractivity contribution in [3.05, 3.63) is 45.8 Å². The molecule has 1 amide bonds. The number of hydrogen-bond acceptors (Lipinski definition) is 7. The van der Waals surface area contributed by atoms with E-state index in [2.05, 4.69) is 5.32 Å². The Morgan fingerprint density at radius 1 is 1.14 bits per heavy atom. The number of sulfone groups is 1. The molecule has 2 aromatic rings. The molecule has 29 heavy (non-hydrogen) atoms. The molecule has 156 valence electrons. The lowest BCUT2D eigenvalue weighted by Crippen LogP contribution is -2.20. The van der Waals surface area contributed by atoms with E-state index in [4.69, 9.17) is 9.47 Å². The maximum atomic E-state index is 12.6. The van der Waals surface area contributed by atoms with E-state index in [0.717, 1.165) is 22.6 Å². The van der Waals surface area contributed by atoms with Crippen molar-refractivity contribution in [2.75, 3.05) is 24.3 Å². The van der Waals surface area contributed by atoms with Crippen molar-refractivity contribution in [1.82, 2.24) is 0 Å². The van der Waals surface area contributed by atoms with E-state index in [9.17, 15) is 18.0 Å². The topological polar surface area (TPSA) is 98.8 Å². The summed E-state index contributed by atoms with van der Waals surface area (Å²) in [7, 11) is -3.19. The fraction of sp³-hybridized carbons (Fsp3) is 0.400. The largest absolute Gasteiger partial charge is 0.494 e. The molecule has 0 bridgehead atoms. The zero-order valence-electron chi connectivity index (χ0n) is 16.3. The second-order valence-corrected chi connectivity index (χ2v) is 9.86. The summed E-state index contributed by atoms with van der Waals surface area (Å²) in [5, 5.41) is 3.12. The van der Waals surface area contributed by atoms with Crippen molar-refractivity contribution in [3.8, 4) is 5.75 Å². The van der Waals surface area contributed by atoms with Gasteiger partial charge < -0.3 is 14.8 Å². The average molecular weight is 438 g/mol. The van der Waals surface area contributed by atoms with Gasteiger partial charge in [-0.05, 0) is 43.5 Å². The van der Waals surface area contributed by atoms with Gasteiger partial charge in [-0.25, -0.2) is 13.2 Å². The van der Waals surface area contributed by atoms with Crippen molar-refractivity contribution < 1.29 is 27.5 Å². The molecule has 1 aromatic carbocycles. The van der Waals surface area contributed by atoms with Gasteiger partial charge in [-0.3, -0.25) is 4.79 Å². The number of anilines is 1. The third-order valence-electron chi connectivity index (χ3n) is 4.44. The summed E-state index contributed by atoms with van der Waals surface area (Å²) in [5.74, 6) is -0.230. The van der Waals surface area contributed by atoms with E-state index in [-0.39, 0.29) is 42.4 Å². The second-order valence-electron chi connectivity index (χ2n) is 6.57. The Kier molecular flexibility index (Phi) is 6.59. The van der Waals surface area contributed by atoms with Crippen molar-refractivity contribution in [3.63, 3.8) is 0 Å². The van der Waals surface area contributed by atoms with E-state index in [1.54, 1.807) is 19.1 Å². The number of nitrogens with one attached hydrogen (secondary N) is 1. The summed E-state index contributed by atoms with van der Waals surface area (Å²) in [4.78, 5) is 25.6. The van der Waals surface area contributed by atoms with Crippen LogP contribution in [0, 0.1) is 0 Å². The SMILES string of the molecule is CCOC(=O)c1c(NC(=O)Cc2ccc(OCC)cc2)sc2c1CCS(=O)(=O)C2. The normalized spacial score (nSPS) is 14.7. The molecule has 0 saturated heterocycles. The number of carbonyl (C=O) groups is 2. The minimum atomic E-state index is -3.19. The predicted molar refractivity (Wildman–Crippen MR) is 111 cm³/mol. The zero-order chi connectivity index (χ0) is 21.0. The Morgan fingerprint density at radius 2 is 1.86 bits per heavy atom. The van der Waals surface area contributed by atoms with Gasteiger partial charge in [0.15, 0.2) is 9.84 Å². The molecule has 1 aliphatic rings. The summed E-state index contributed by atoms with van der Waals surface area (Å²) >= 11 is 1.13. The number of ether oxygens (including phenoxy) is 2. The first-order valence-electron chi connectivity index (χ1n) is 9.36. The maximum absolute atomic E-state index is 12.6. The molecule has 9 heteroatoms. The Hall–Kier alpha value is -2.39. The number of amides is 1. The lowest BCUT2D eigenvalue weighted by molar-refractivity contribution is -0.115. The van der Waals surface area contributed by atoms with Crippen molar-refractivity contribution >= 4 is 38.1 Å². The van der Waals surface area contributed by atoms with Gasteiger partial charge in [0.2, 0.25) is 5.91 Å². The molecule has 1 aromatic heterocycles. The number of benzene rings is 1. The number of carbonyl (C=O) groups excluding carboxylic acids is 2. The van der Waals surface area contributed by atoms with Gasteiger partial charge >= 0.3 is 5.97 Å². The van der Waals surface area contributed by atoms with Gasteiger partial charge in [0.1, 0.15) is 10.8 Å².